The Morgan fingerprint density at radius 2 is 2.17 bits per heavy atom. The summed E-state index contributed by atoms with van der Waals surface area (Å²) in [6.07, 6.45) is 0. The maximum Gasteiger partial charge on any atom is 0.0729 e. The summed E-state index contributed by atoms with van der Waals surface area (Å²) in [5.41, 5.74) is 8.41. The highest BCUT2D eigenvalue weighted by Gasteiger charge is 2.04. The summed E-state index contributed by atoms with van der Waals surface area (Å²) < 4.78 is 0. The fourth-order valence-corrected chi connectivity index (χ4v) is 1.54. The summed E-state index contributed by atoms with van der Waals surface area (Å²) in [7, 11) is 0. The molecule has 0 atom stereocenters. The van der Waals surface area contributed by atoms with Crippen molar-refractivity contribution in [1.29, 1.82) is 0 Å². The van der Waals surface area contributed by atoms with Gasteiger partial charge in [-0.1, -0.05) is 11.6 Å². The predicted octanol–water partition coefficient (Wildman–Crippen LogP) is 2.71. The van der Waals surface area contributed by atoms with Gasteiger partial charge in [-0.05, 0) is 25.1 Å². The van der Waals surface area contributed by atoms with Gasteiger partial charge in [-0.25, -0.2) is 0 Å². The molecule has 2 aromatic rings. The number of nitrogens with two attached hydrogens (primary N) is 1. The molecular weight excluding hydrogens is 172 g/mol. The van der Waals surface area contributed by atoms with Gasteiger partial charge in [0.25, 0.3) is 0 Å². The first-order valence-electron chi connectivity index (χ1n) is 3.72. The van der Waals surface area contributed by atoms with E-state index in [2.05, 4.69) is 4.98 Å². The van der Waals surface area contributed by atoms with Gasteiger partial charge in [0.15, 0.2) is 0 Å². The Kier molecular flexibility index (Phi) is 1.51. The number of nitrogens with one attached hydrogen (secondary N) is 1. The van der Waals surface area contributed by atoms with Gasteiger partial charge in [0.1, 0.15) is 0 Å². The van der Waals surface area contributed by atoms with Gasteiger partial charge >= 0.3 is 0 Å². The third-order valence-corrected chi connectivity index (χ3v) is 2.32. The normalized spacial score (nSPS) is 10.8. The third kappa shape index (κ3) is 0.959. The fourth-order valence-electron chi connectivity index (χ4n) is 1.32. The molecule has 0 unspecified atom stereocenters. The highest BCUT2D eigenvalue weighted by molar-refractivity contribution is 6.38. The highest BCUT2D eigenvalue weighted by atomic mass is 35.5. The molecule has 0 bridgehead atoms. The van der Waals surface area contributed by atoms with E-state index < -0.39 is 0 Å². The van der Waals surface area contributed by atoms with Crippen molar-refractivity contribution in [2.45, 2.75) is 6.92 Å². The van der Waals surface area contributed by atoms with E-state index in [-0.39, 0.29) is 0 Å². The lowest BCUT2D eigenvalue weighted by Crippen LogP contribution is -1.84. The van der Waals surface area contributed by atoms with Crippen LogP contribution in [0.3, 0.4) is 0 Å². The monoisotopic (exact) mass is 180 g/mol. The average molecular weight is 181 g/mol. The molecule has 2 rings (SSSR count). The van der Waals surface area contributed by atoms with Crippen molar-refractivity contribution in [1.82, 2.24) is 4.98 Å². The second kappa shape index (κ2) is 2.42. The molecule has 0 aliphatic carbocycles. The van der Waals surface area contributed by atoms with Crippen molar-refractivity contribution < 1.29 is 0 Å². The Bertz CT molecular complexity index is 431. The largest absolute Gasteiger partial charge is 0.398 e. The van der Waals surface area contributed by atoms with Crippen LogP contribution in [0.1, 0.15) is 5.69 Å². The molecule has 1 aromatic heterocycles. The molecule has 1 aromatic carbocycles. The minimum absolute atomic E-state index is 0.628. The topological polar surface area (TPSA) is 41.8 Å². The van der Waals surface area contributed by atoms with Gasteiger partial charge in [0.05, 0.1) is 10.7 Å². The minimum Gasteiger partial charge on any atom is -0.398 e. The Morgan fingerprint density at radius 3 is 2.92 bits per heavy atom. The summed E-state index contributed by atoms with van der Waals surface area (Å²) in [4.78, 5) is 3.19. The highest BCUT2D eigenvalue weighted by Crippen LogP contribution is 2.29. The van der Waals surface area contributed by atoms with E-state index in [1.807, 2.05) is 19.1 Å². The summed E-state index contributed by atoms with van der Waals surface area (Å²) in [6.45, 7) is 1.99. The summed E-state index contributed by atoms with van der Waals surface area (Å²) in [5.74, 6) is 0. The fraction of sp³-hybridized carbons (Fsp3) is 0.111. The molecule has 0 aliphatic heterocycles. The van der Waals surface area contributed by atoms with Gasteiger partial charge in [-0.3, -0.25) is 0 Å². The van der Waals surface area contributed by atoms with Crippen molar-refractivity contribution in [2.75, 3.05) is 5.73 Å². The zero-order valence-corrected chi connectivity index (χ0v) is 7.44. The first kappa shape index (κ1) is 7.50. The number of halogens is 1. The summed E-state index contributed by atoms with van der Waals surface area (Å²) in [5, 5.41) is 1.63. The molecule has 0 saturated heterocycles. The number of H-pyrrole nitrogens is 1. The zero-order chi connectivity index (χ0) is 8.72. The van der Waals surface area contributed by atoms with Crippen LogP contribution in [0.15, 0.2) is 18.2 Å². The molecule has 62 valence electrons. The molecular formula is C9H9ClN2. The third-order valence-electron chi connectivity index (χ3n) is 1.90. The lowest BCUT2D eigenvalue weighted by atomic mass is 10.2. The van der Waals surface area contributed by atoms with E-state index in [9.17, 15) is 0 Å². The van der Waals surface area contributed by atoms with E-state index in [0.717, 1.165) is 16.6 Å². The van der Waals surface area contributed by atoms with Crippen LogP contribution in [0.4, 0.5) is 5.69 Å². The molecule has 0 fully saturated rings. The van der Waals surface area contributed by atoms with Crippen molar-refractivity contribution in [3.8, 4) is 0 Å². The van der Waals surface area contributed by atoms with E-state index in [1.165, 1.54) is 0 Å². The molecule has 1 heterocycles. The Morgan fingerprint density at radius 1 is 1.42 bits per heavy atom. The van der Waals surface area contributed by atoms with Gasteiger partial charge in [-0.2, -0.15) is 0 Å². The number of hydrogen-bond acceptors (Lipinski definition) is 1. The lowest BCUT2D eigenvalue weighted by Gasteiger charge is -1.97. The first-order valence-corrected chi connectivity index (χ1v) is 4.09. The number of aromatic nitrogens is 1. The standard InChI is InChI=1S/C9H9ClN2/c1-5-4-6-8(12-5)3-2-7(11)9(6)10/h2-4,12H,11H2,1H3. The summed E-state index contributed by atoms with van der Waals surface area (Å²) in [6, 6.07) is 5.73. The van der Waals surface area contributed by atoms with Crippen LogP contribution in [0.25, 0.3) is 10.9 Å². The van der Waals surface area contributed by atoms with Crippen LogP contribution in [0.5, 0.6) is 0 Å². The number of aromatic amines is 1. The van der Waals surface area contributed by atoms with Crippen molar-refractivity contribution in [2.24, 2.45) is 0 Å². The number of anilines is 1. The molecule has 12 heavy (non-hydrogen) atoms. The van der Waals surface area contributed by atoms with Gasteiger partial charge in [0, 0.05) is 16.6 Å². The molecule has 0 amide bonds. The zero-order valence-electron chi connectivity index (χ0n) is 6.69. The van der Waals surface area contributed by atoms with Crippen LogP contribution in [0, 0.1) is 6.92 Å². The van der Waals surface area contributed by atoms with Crippen LogP contribution in [0.2, 0.25) is 5.02 Å². The van der Waals surface area contributed by atoms with Crippen LogP contribution >= 0.6 is 11.6 Å². The number of aryl methyl sites for hydroxylation is 1. The van der Waals surface area contributed by atoms with Crippen molar-refractivity contribution in [3.63, 3.8) is 0 Å². The number of hydrogen-bond donors (Lipinski definition) is 2. The maximum absolute atomic E-state index is 5.99. The number of rotatable bonds is 0. The second-order valence-corrected chi connectivity index (χ2v) is 3.26. The first-order chi connectivity index (χ1) is 5.68. The predicted molar refractivity (Wildman–Crippen MR) is 52.5 cm³/mol. The SMILES string of the molecule is Cc1cc2c(Cl)c(N)ccc2[nH]1. The molecule has 0 aliphatic rings. The van der Waals surface area contributed by atoms with Crippen LogP contribution in [-0.4, -0.2) is 4.98 Å². The van der Waals surface area contributed by atoms with E-state index >= 15 is 0 Å². The lowest BCUT2D eigenvalue weighted by molar-refractivity contribution is 1.30. The maximum atomic E-state index is 5.99. The molecule has 2 nitrogen and oxygen atoms in total. The average Bonchev–Trinajstić information content (AvgIpc) is 2.39. The number of fused-ring (bicyclic) bond motifs is 1. The van der Waals surface area contributed by atoms with Crippen molar-refractivity contribution >= 4 is 28.2 Å². The number of benzene rings is 1. The Balaban J connectivity index is 2.89. The Hall–Kier alpha value is -1.15. The minimum atomic E-state index is 0.628. The second-order valence-electron chi connectivity index (χ2n) is 2.88. The van der Waals surface area contributed by atoms with Gasteiger partial charge < -0.3 is 10.7 Å². The molecule has 0 radical (unpaired) electrons. The molecule has 0 spiro atoms. The van der Waals surface area contributed by atoms with E-state index in [0.29, 0.717) is 10.7 Å². The molecule has 3 N–H and O–H groups in total. The smallest absolute Gasteiger partial charge is 0.0729 e. The number of nitrogen functional groups attached to an aromatic ring is 1. The van der Waals surface area contributed by atoms with Gasteiger partial charge in [-0.15, -0.1) is 0 Å². The van der Waals surface area contributed by atoms with Gasteiger partial charge in [0.2, 0.25) is 0 Å². The van der Waals surface area contributed by atoms with Crippen molar-refractivity contribution in [3.05, 3.63) is 28.9 Å². The molecule has 3 heteroatoms. The molecule has 0 saturated carbocycles. The quantitative estimate of drug-likeness (QED) is 0.602. The van der Waals surface area contributed by atoms with Crippen LogP contribution < -0.4 is 5.73 Å². The Labute approximate surface area is 75.3 Å². The van der Waals surface area contributed by atoms with E-state index in [4.69, 9.17) is 17.3 Å². The van der Waals surface area contributed by atoms with E-state index in [1.54, 1.807) is 6.07 Å². The summed E-state index contributed by atoms with van der Waals surface area (Å²) >= 11 is 5.99. The van der Waals surface area contributed by atoms with Crippen LogP contribution in [-0.2, 0) is 0 Å².